The highest BCUT2D eigenvalue weighted by Crippen LogP contribution is 2.61. The fraction of sp³-hybridized carbons (Fsp3) is 0.0875. The molecular weight excluding hydrogens is 1170 g/mol. The van der Waals surface area contributed by atoms with Crippen molar-refractivity contribution in [1.29, 1.82) is 0 Å². The summed E-state index contributed by atoms with van der Waals surface area (Å²) in [5.41, 5.74) is 13.3. The molecule has 14 heteroatoms. The van der Waals surface area contributed by atoms with Crippen molar-refractivity contribution in [3.8, 4) is 45.4 Å². The summed E-state index contributed by atoms with van der Waals surface area (Å²) < 4.78 is 13.6. The molecule has 4 amide bonds. The normalized spacial score (nSPS) is 15.9. The minimum absolute atomic E-state index is 0.390. The highest BCUT2D eigenvalue weighted by atomic mass is 16.5. The van der Waals surface area contributed by atoms with Crippen molar-refractivity contribution in [3.05, 3.63) is 286 Å². The fourth-order valence-corrected chi connectivity index (χ4v) is 14.8. The molecule has 0 saturated carbocycles. The molecule has 1 atom stereocenters. The summed E-state index contributed by atoms with van der Waals surface area (Å²) in [6.07, 6.45) is 4.28. The van der Waals surface area contributed by atoms with E-state index in [1.165, 1.54) is 9.80 Å². The first-order valence-electron chi connectivity index (χ1n) is 31.0. The van der Waals surface area contributed by atoms with Gasteiger partial charge in [0.2, 0.25) is 0 Å². The van der Waals surface area contributed by atoms with Crippen molar-refractivity contribution in [3.63, 3.8) is 0 Å². The van der Waals surface area contributed by atoms with E-state index in [9.17, 15) is 19.2 Å². The minimum Gasteiger partial charge on any atom is -0.497 e. The molecule has 12 aromatic rings. The van der Waals surface area contributed by atoms with Gasteiger partial charge in [-0.15, -0.1) is 0 Å². The standard InChI is InChI=1S/C80H56N8O6/c1-84(2)65-43-40-60-67-56(65)16-11-18-58(67)76(89)86(78(60)91)51-31-21-49(22-32-51)72-73(50-23-33-52(34-24-50)87-77(90)59-19-12-17-57-66(85(3)4)44-41-61(68(57)59)79(87)92)88-75(83-72)62-39-29-45-13-7-9-15-55(45)69(62)80(88)63-20-10-8-14-46(63)30-42-64(80)74-81-70(47-25-35-53(93-5)36-26-47)71(82-74)48-27-37-54(94-6)38-28-48/h7-44H,1-6H3. The number of nitrogens with zero attached hydrogens (tertiary/aromatic N) is 8. The number of amides is 4. The molecule has 0 saturated heterocycles. The lowest BCUT2D eigenvalue weighted by Gasteiger charge is -2.40. The van der Waals surface area contributed by atoms with E-state index < -0.39 is 29.2 Å². The Morgan fingerprint density at radius 2 is 0.894 bits per heavy atom. The van der Waals surface area contributed by atoms with Crippen LogP contribution in [-0.2, 0) is 5.54 Å². The number of anilines is 4. The summed E-state index contributed by atoms with van der Waals surface area (Å²) in [6, 6.07) is 70.5. The van der Waals surface area contributed by atoms with E-state index in [1.54, 1.807) is 32.4 Å². The average molecular weight is 1230 g/mol. The van der Waals surface area contributed by atoms with Gasteiger partial charge in [0.05, 0.1) is 48.4 Å². The Morgan fingerprint density at radius 1 is 0.426 bits per heavy atom. The molecule has 0 radical (unpaired) electrons. The van der Waals surface area contributed by atoms with Crippen molar-refractivity contribution in [2.24, 2.45) is 9.98 Å². The molecule has 0 fully saturated rings. The Balaban J connectivity index is 0.912. The third-order valence-electron chi connectivity index (χ3n) is 19.1. The predicted octanol–water partition coefficient (Wildman–Crippen LogP) is 15.4. The number of benzene rings is 11. The van der Waals surface area contributed by atoms with Crippen LogP contribution in [0.2, 0.25) is 0 Å². The lowest BCUT2D eigenvalue weighted by atomic mass is 9.70. The van der Waals surface area contributed by atoms with E-state index in [0.29, 0.717) is 101 Å². The third kappa shape index (κ3) is 7.92. The zero-order valence-electron chi connectivity index (χ0n) is 52.0. The monoisotopic (exact) mass is 1220 g/mol. The molecule has 17 rings (SSSR count). The number of aromatic nitrogens is 2. The van der Waals surface area contributed by atoms with Crippen LogP contribution in [0.15, 0.2) is 246 Å². The number of hydrogen-bond donors (Lipinski definition) is 0. The second-order valence-electron chi connectivity index (χ2n) is 24.4. The average Bonchev–Trinajstić information content (AvgIpc) is 1.49. The lowest BCUT2D eigenvalue weighted by molar-refractivity contribution is 0.0877. The maximum absolute atomic E-state index is 14.9. The highest BCUT2D eigenvalue weighted by molar-refractivity contribution is 6.55. The van der Waals surface area contributed by atoms with Gasteiger partial charge in [0.1, 0.15) is 22.9 Å². The zero-order chi connectivity index (χ0) is 64.0. The molecule has 1 aromatic heterocycles. The summed E-state index contributed by atoms with van der Waals surface area (Å²) in [7, 11) is 11.1. The number of ether oxygens (including phenoxy) is 2. The zero-order valence-corrected chi connectivity index (χ0v) is 52.0. The van der Waals surface area contributed by atoms with Crippen LogP contribution in [0.4, 0.5) is 22.7 Å². The number of rotatable bonds is 10. The number of imide groups is 2. The molecule has 94 heavy (non-hydrogen) atoms. The van der Waals surface area contributed by atoms with Gasteiger partial charge in [-0.05, 0) is 131 Å². The van der Waals surface area contributed by atoms with E-state index in [-0.39, 0.29) is 0 Å². The van der Waals surface area contributed by atoms with Crippen molar-refractivity contribution in [1.82, 2.24) is 9.55 Å². The molecule has 452 valence electrons. The third-order valence-corrected chi connectivity index (χ3v) is 19.1. The van der Waals surface area contributed by atoms with Gasteiger partial charge in [-0.25, -0.2) is 24.8 Å². The predicted molar refractivity (Wildman–Crippen MR) is 373 cm³/mol. The van der Waals surface area contributed by atoms with Gasteiger partial charge in [0.25, 0.3) is 23.6 Å². The smallest absolute Gasteiger partial charge is 0.265 e. The van der Waals surface area contributed by atoms with E-state index >= 15 is 0 Å². The maximum atomic E-state index is 14.9. The van der Waals surface area contributed by atoms with Crippen LogP contribution >= 0.6 is 0 Å². The number of fused-ring (bicyclic) bond motifs is 9. The van der Waals surface area contributed by atoms with Crippen LogP contribution < -0.4 is 29.1 Å². The first-order valence-corrected chi connectivity index (χ1v) is 31.0. The number of allylic oxidation sites excluding steroid dienone is 2. The largest absolute Gasteiger partial charge is 0.497 e. The summed E-state index contributed by atoms with van der Waals surface area (Å²) in [5, 5.41) is 4.92. The number of imidazole rings is 1. The van der Waals surface area contributed by atoms with Crippen LogP contribution in [0, 0.1) is 0 Å². The Morgan fingerprint density at radius 3 is 1.43 bits per heavy atom. The van der Waals surface area contributed by atoms with Crippen LogP contribution in [-0.4, -0.2) is 87.0 Å². The Kier molecular flexibility index (Phi) is 12.4. The summed E-state index contributed by atoms with van der Waals surface area (Å²) in [6.45, 7) is 0. The van der Waals surface area contributed by atoms with Crippen LogP contribution in [0.25, 0.3) is 72.3 Å². The number of hydrogen-bond acceptors (Lipinski definition) is 11. The summed E-state index contributed by atoms with van der Waals surface area (Å²) >= 11 is 0. The molecule has 1 spiro atoms. The quantitative estimate of drug-likeness (QED) is 0.122. The SMILES string of the molecule is COc1ccc(C2=NC(=C3C=Cc4ccccc4C34c3c(ccc5ccccc35)-c3nc(-c5ccc(N6C(=O)c7cccc8c(N(C)C)ccc(c78)C6=O)cc5)c(-c5ccc(N6C(=O)c7cccc8c(N(C)C)ccc(c78)C6=O)cc5)n34)N=C2c2ccc(OC)cc2)cc1. The molecular formula is C80H56N8O6. The molecule has 11 aromatic carbocycles. The van der Waals surface area contributed by atoms with Gasteiger partial charge in [0, 0.05) is 122 Å². The van der Waals surface area contributed by atoms with Crippen LogP contribution in [0.1, 0.15) is 69.2 Å². The molecule has 4 aliphatic heterocycles. The number of carbonyl (C=O) groups excluding carboxylic acids is 4. The van der Waals surface area contributed by atoms with E-state index in [0.717, 1.165) is 71.9 Å². The van der Waals surface area contributed by atoms with Crippen molar-refractivity contribution >= 4 is 96.2 Å². The molecule has 14 nitrogen and oxygen atoms in total. The minimum atomic E-state index is -1.26. The number of methoxy groups -OCH3 is 2. The summed E-state index contributed by atoms with van der Waals surface area (Å²) in [5.74, 6) is 0.855. The molecule has 0 bridgehead atoms. The highest BCUT2D eigenvalue weighted by Gasteiger charge is 2.54. The lowest BCUT2D eigenvalue weighted by Crippen LogP contribution is -2.40. The summed E-state index contributed by atoms with van der Waals surface area (Å²) in [4.78, 5) is 83.0. The van der Waals surface area contributed by atoms with Crippen LogP contribution in [0.5, 0.6) is 11.5 Å². The Labute approximate surface area is 540 Å². The number of carbonyl (C=O) groups is 4. The van der Waals surface area contributed by atoms with E-state index in [2.05, 4.69) is 71.3 Å². The molecule has 1 unspecified atom stereocenters. The first-order chi connectivity index (χ1) is 45.9. The second-order valence-corrected chi connectivity index (χ2v) is 24.4. The van der Waals surface area contributed by atoms with Gasteiger partial charge >= 0.3 is 0 Å². The second kappa shape index (κ2) is 20.9. The van der Waals surface area contributed by atoms with Gasteiger partial charge in [-0.3, -0.25) is 19.2 Å². The van der Waals surface area contributed by atoms with Crippen molar-refractivity contribution < 1.29 is 28.7 Å². The molecule has 0 N–H and O–H groups in total. The Hall–Kier alpha value is -12.3. The van der Waals surface area contributed by atoms with E-state index in [1.807, 2.05) is 184 Å². The molecule has 5 aliphatic rings. The van der Waals surface area contributed by atoms with Gasteiger partial charge in [-0.1, -0.05) is 121 Å². The molecule has 5 heterocycles. The van der Waals surface area contributed by atoms with Gasteiger partial charge in [-0.2, -0.15) is 0 Å². The maximum Gasteiger partial charge on any atom is 0.265 e. The fourth-order valence-electron chi connectivity index (χ4n) is 14.8. The molecule has 1 aliphatic carbocycles. The van der Waals surface area contributed by atoms with E-state index in [4.69, 9.17) is 24.4 Å². The van der Waals surface area contributed by atoms with Gasteiger partial charge in [0.15, 0.2) is 5.82 Å². The Bertz CT molecular complexity index is 5380. The van der Waals surface area contributed by atoms with Gasteiger partial charge < -0.3 is 23.8 Å². The van der Waals surface area contributed by atoms with Crippen molar-refractivity contribution in [2.75, 3.05) is 62.0 Å². The number of aliphatic imine (C=N–C) groups is 2. The van der Waals surface area contributed by atoms with Crippen LogP contribution in [0.3, 0.4) is 0 Å². The first kappa shape index (κ1) is 55.8. The van der Waals surface area contributed by atoms with Crippen molar-refractivity contribution in [2.45, 2.75) is 5.54 Å². The topological polar surface area (TPSA) is 142 Å².